The van der Waals surface area contributed by atoms with Gasteiger partial charge < -0.3 is 14.6 Å². The summed E-state index contributed by atoms with van der Waals surface area (Å²) in [4.78, 5) is 39.8. The molecule has 40 heavy (non-hydrogen) atoms. The second-order valence-corrected chi connectivity index (χ2v) is 14.6. The minimum absolute atomic E-state index is 0.0607. The predicted octanol–water partition coefficient (Wildman–Crippen LogP) is 4.81. The van der Waals surface area contributed by atoms with Crippen LogP contribution in [0.1, 0.15) is 80.6 Å². The Morgan fingerprint density at radius 3 is 2.33 bits per heavy atom. The standard InChI is InChI=1S/C31H41F2NO6/c1-16-12-18-19-14-21(32)20-13-17(35)8-9-28(20,6)30(19,33)22(36)15-29(18,7)31(16,25(38)39-11-10-34)40-24(37)23-26(2,3)27(23,4)5/h13,16,18-19,21-23,36H,8-9,11-12,14-15H2,1-7H3/t16-,18?,19?,21+,22+,28+,29+,30+,31+/m1/s1. The van der Waals surface area contributed by atoms with Crippen molar-refractivity contribution in [2.24, 2.45) is 45.3 Å². The van der Waals surface area contributed by atoms with Crippen LogP contribution in [0.25, 0.3) is 0 Å². The molecule has 0 spiro atoms. The van der Waals surface area contributed by atoms with E-state index in [0.717, 1.165) is 0 Å². The summed E-state index contributed by atoms with van der Waals surface area (Å²) in [6, 6.07) is 1.78. The van der Waals surface area contributed by atoms with E-state index in [1.807, 2.05) is 27.7 Å². The largest absolute Gasteiger partial charge is 0.447 e. The molecule has 0 aromatic rings. The van der Waals surface area contributed by atoms with Crippen LogP contribution >= 0.6 is 0 Å². The minimum atomic E-state index is -2.25. The number of alkyl halides is 2. The number of hydrogen-bond acceptors (Lipinski definition) is 7. The van der Waals surface area contributed by atoms with Crippen molar-refractivity contribution in [1.82, 2.24) is 0 Å². The normalized spacial score (nSPS) is 46.7. The summed E-state index contributed by atoms with van der Waals surface area (Å²) < 4.78 is 45.0. The van der Waals surface area contributed by atoms with Gasteiger partial charge >= 0.3 is 11.9 Å². The molecule has 0 aromatic heterocycles. The van der Waals surface area contributed by atoms with Crippen LogP contribution < -0.4 is 0 Å². The Balaban J connectivity index is 1.61. The highest BCUT2D eigenvalue weighted by atomic mass is 19.1. The molecule has 4 saturated carbocycles. The summed E-state index contributed by atoms with van der Waals surface area (Å²) in [6.45, 7) is 12.3. The minimum Gasteiger partial charge on any atom is -0.447 e. The van der Waals surface area contributed by atoms with E-state index >= 15 is 8.78 Å². The highest BCUT2D eigenvalue weighted by molar-refractivity contribution is 5.92. The van der Waals surface area contributed by atoms with Crippen LogP contribution in [-0.2, 0) is 23.9 Å². The van der Waals surface area contributed by atoms with E-state index in [9.17, 15) is 19.5 Å². The average molecular weight is 562 g/mol. The number of allylic oxidation sites excluding steroid dienone is 1. The van der Waals surface area contributed by atoms with E-state index in [-0.39, 0.29) is 54.3 Å². The van der Waals surface area contributed by atoms with Crippen molar-refractivity contribution in [3.8, 4) is 6.07 Å². The monoisotopic (exact) mass is 561 g/mol. The van der Waals surface area contributed by atoms with Crippen molar-refractivity contribution in [3.63, 3.8) is 0 Å². The number of nitrogens with zero attached hydrogens (tertiary/aromatic N) is 1. The van der Waals surface area contributed by atoms with Crippen molar-refractivity contribution < 1.29 is 37.7 Å². The topological polar surface area (TPSA) is 114 Å². The van der Waals surface area contributed by atoms with E-state index in [4.69, 9.17) is 14.7 Å². The number of nitriles is 1. The molecule has 4 fully saturated rings. The molecule has 5 aliphatic carbocycles. The number of rotatable bonds is 4. The SMILES string of the molecule is C[C@@H]1CC2C3C[C@H](F)C4=CC(=O)CC[C@]4(C)[C@@]3(F)[C@@H](O)C[C@]2(C)[C@@]1(OC(=O)C1C(C)(C)C1(C)C)C(=O)OCC#N. The van der Waals surface area contributed by atoms with Gasteiger partial charge in [0.05, 0.1) is 12.0 Å². The number of ketones is 1. The van der Waals surface area contributed by atoms with Gasteiger partial charge in [-0.15, -0.1) is 0 Å². The molecule has 5 aliphatic rings. The Labute approximate surface area is 234 Å². The number of fused-ring (bicyclic) bond motifs is 5. The van der Waals surface area contributed by atoms with Gasteiger partial charge in [-0.1, -0.05) is 48.5 Å². The highest BCUT2D eigenvalue weighted by Crippen LogP contribution is 2.73. The molecule has 0 aliphatic heterocycles. The third-order valence-corrected chi connectivity index (χ3v) is 12.7. The van der Waals surface area contributed by atoms with Crippen LogP contribution in [0.5, 0.6) is 0 Å². The fourth-order valence-corrected chi connectivity index (χ4v) is 9.78. The lowest BCUT2D eigenvalue weighted by Crippen LogP contribution is -2.71. The molecule has 0 saturated heterocycles. The van der Waals surface area contributed by atoms with Gasteiger partial charge in [-0.25, -0.2) is 13.6 Å². The van der Waals surface area contributed by atoms with Gasteiger partial charge in [0, 0.05) is 29.1 Å². The molecule has 1 N–H and O–H groups in total. The van der Waals surface area contributed by atoms with Gasteiger partial charge in [-0.3, -0.25) is 9.59 Å². The molecule has 5 rings (SSSR count). The van der Waals surface area contributed by atoms with Crippen molar-refractivity contribution in [2.45, 2.75) is 104 Å². The molecule has 2 unspecified atom stereocenters. The fraction of sp³-hybridized carbons (Fsp3) is 0.806. The first-order valence-corrected chi connectivity index (χ1v) is 14.4. The van der Waals surface area contributed by atoms with Crippen LogP contribution in [0.4, 0.5) is 8.78 Å². The van der Waals surface area contributed by atoms with Gasteiger partial charge in [0.25, 0.3) is 0 Å². The summed E-state index contributed by atoms with van der Waals surface area (Å²) in [7, 11) is 0. The van der Waals surface area contributed by atoms with Gasteiger partial charge in [-0.2, -0.15) is 5.26 Å². The third-order valence-electron chi connectivity index (χ3n) is 12.7. The molecule has 0 bridgehead atoms. The third kappa shape index (κ3) is 3.26. The Hall–Kier alpha value is -2.34. The Morgan fingerprint density at radius 1 is 1.12 bits per heavy atom. The summed E-state index contributed by atoms with van der Waals surface area (Å²) in [6.07, 6.45) is -2.08. The number of hydrogen-bond donors (Lipinski definition) is 1. The summed E-state index contributed by atoms with van der Waals surface area (Å²) in [5, 5.41) is 20.8. The number of halogens is 2. The van der Waals surface area contributed by atoms with Crippen LogP contribution in [0.15, 0.2) is 11.6 Å². The Morgan fingerprint density at radius 2 is 1.75 bits per heavy atom. The molecule has 220 valence electrons. The maximum Gasteiger partial charge on any atom is 0.352 e. The van der Waals surface area contributed by atoms with Crippen molar-refractivity contribution in [1.29, 1.82) is 5.26 Å². The first kappa shape index (κ1) is 29.2. The van der Waals surface area contributed by atoms with Crippen LogP contribution in [0.3, 0.4) is 0 Å². The number of aliphatic hydroxyl groups excluding tert-OH is 1. The van der Waals surface area contributed by atoms with Crippen LogP contribution in [0.2, 0.25) is 0 Å². The van der Waals surface area contributed by atoms with Gasteiger partial charge in [0.1, 0.15) is 17.9 Å². The van der Waals surface area contributed by atoms with E-state index in [2.05, 4.69) is 0 Å². The zero-order valence-electron chi connectivity index (χ0n) is 24.5. The maximum absolute atomic E-state index is 17.6. The molecule has 7 nitrogen and oxygen atoms in total. The van der Waals surface area contributed by atoms with Gasteiger partial charge in [-0.05, 0) is 54.1 Å². The molecule has 0 amide bonds. The number of ether oxygens (including phenoxy) is 2. The zero-order valence-corrected chi connectivity index (χ0v) is 24.5. The van der Waals surface area contributed by atoms with Crippen molar-refractivity contribution in [3.05, 3.63) is 11.6 Å². The predicted molar refractivity (Wildman–Crippen MR) is 140 cm³/mol. The summed E-state index contributed by atoms with van der Waals surface area (Å²) in [5.41, 5.74) is -7.50. The molecule has 9 heteroatoms. The Bertz CT molecular complexity index is 1220. The van der Waals surface area contributed by atoms with E-state index in [1.54, 1.807) is 26.8 Å². The second kappa shape index (κ2) is 8.59. The van der Waals surface area contributed by atoms with E-state index in [1.165, 1.54) is 6.08 Å². The summed E-state index contributed by atoms with van der Waals surface area (Å²) in [5.74, 6) is -4.48. The summed E-state index contributed by atoms with van der Waals surface area (Å²) >= 11 is 0. The number of carbonyl (C=O) groups is 3. The zero-order chi connectivity index (χ0) is 29.8. The van der Waals surface area contributed by atoms with Crippen LogP contribution in [-0.4, -0.2) is 53.0 Å². The lowest BCUT2D eigenvalue weighted by molar-refractivity contribution is -0.245. The van der Waals surface area contributed by atoms with Crippen LogP contribution in [0, 0.1) is 56.7 Å². The molecule has 0 heterocycles. The first-order valence-electron chi connectivity index (χ1n) is 14.4. The maximum atomic E-state index is 17.6. The molecular weight excluding hydrogens is 520 g/mol. The number of carbonyl (C=O) groups excluding carboxylic acids is 3. The number of esters is 2. The first-order chi connectivity index (χ1) is 18.4. The average Bonchev–Trinajstić information content (AvgIpc) is 3.17. The lowest BCUT2D eigenvalue weighted by Gasteiger charge is -2.63. The van der Waals surface area contributed by atoms with Gasteiger partial charge in [0.2, 0.25) is 5.60 Å². The molecule has 0 aromatic carbocycles. The lowest BCUT2D eigenvalue weighted by atomic mass is 9.43. The van der Waals surface area contributed by atoms with E-state index in [0.29, 0.717) is 0 Å². The van der Waals surface area contributed by atoms with Crippen molar-refractivity contribution in [2.75, 3.05) is 6.61 Å². The molecular formula is C31H41F2NO6. The molecule has 9 atom stereocenters. The Kier molecular flexibility index (Phi) is 6.26. The van der Waals surface area contributed by atoms with Crippen molar-refractivity contribution >= 4 is 17.7 Å². The second-order valence-electron chi connectivity index (χ2n) is 14.6. The van der Waals surface area contributed by atoms with Gasteiger partial charge in [0.15, 0.2) is 12.4 Å². The highest BCUT2D eigenvalue weighted by Gasteiger charge is 2.80. The molecule has 0 radical (unpaired) electrons. The van der Waals surface area contributed by atoms with E-state index < -0.39 is 76.6 Å². The smallest absolute Gasteiger partial charge is 0.352 e. The fourth-order valence-electron chi connectivity index (χ4n) is 9.78. The quantitative estimate of drug-likeness (QED) is 0.490. The number of aliphatic hydroxyl groups is 1.